The number of rotatable bonds is 5. The second-order valence-corrected chi connectivity index (χ2v) is 14.9. The van der Waals surface area contributed by atoms with Gasteiger partial charge in [-0.15, -0.1) is 0 Å². The summed E-state index contributed by atoms with van der Waals surface area (Å²) in [6, 6.07) is -1.10. The number of aliphatic hydroxyl groups is 6. The average Bonchev–Trinajstić information content (AvgIpc) is 3.09. The minimum Gasteiger partial charge on any atom is -0.481 e. The standard InChI is InChI=1S/C40H61NO14/c1-4-24(2)31-18-13-11-9-7-5-6-8-10-12-17-29(53-39-37(48)35(41)36(47)25(3)52-39)21-32-34(38(49)50)30(45)23-40(51,55-32)22-27(43)16-14-15-26(42)19-28(44)20-33(46)54-31/h5-13,17,24-25,27-32,34-37,39,43-45,47-48,51H,4,14-16,18-23,41H2,1-3H3,(H,49,50)/b6-5+,9-7+,10-8+,13-11+,17-12+/t24?,25-,27?,28?,29?,30?,31?,32?,34?,35+,36-,37+,39+,40?/m1/s1. The summed E-state index contributed by atoms with van der Waals surface area (Å²) in [5.41, 5.74) is 6.00. The minimum atomic E-state index is -2.16. The maximum Gasteiger partial charge on any atom is 0.311 e. The van der Waals surface area contributed by atoms with Gasteiger partial charge in [0.2, 0.25) is 0 Å². The molecule has 3 aliphatic heterocycles. The molecule has 2 fully saturated rings. The number of Topliss-reactive ketones (excluding diaryl/α,β-unsaturated/α-hetero) is 1. The molecule has 9 N–H and O–H groups in total. The predicted molar refractivity (Wildman–Crippen MR) is 200 cm³/mol. The number of fused-ring (bicyclic) bond motifs is 2. The van der Waals surface area contributed by atoms with Crippen LogP contribution in [0.25, 0.3) is 0 Å². The van der Waals surface area contributed by atoms with E-state index in [0.29, 0.717) is 6.42 Å². The summed E-state index contributed by atoms with van der Waals surface area (Å²) in [6.45, 7) is 5.51. The highest BCUT2D eigenvalue weighted by Gasteiger charge is 2.50. The largest absolute Gasteiger partial charge is 0.481 e. The van der Waals surface area contributed by atoms with Gasteiger partial charge in [0, 0.05) is 38.5 Å². The molecule has 55 heavy (non-hydrogen) atoms. The van der Waals surface area contributed by atoms with E-state index in [2.05, 4.69) is 0 Å². The van der Waals surface area contributed by atoms with Crippen LogP contribution in [0, 0.1) is 11.8 Å². The van der Waals surface area contributed by atoms with Crippen molar-refractivity contribution in [2.75, 3.05) is 0 Å². The number of aliphatic carboxylic acids is 1. The lowest BCUT2D eigenvalue weighted by Gasteiger charge is -2.45. The van der Waals surface area contributed by atoms with Crippen molar-refractivity contribution in [3.05, 3.63) is 60.8 Å². The molecule has 3 rings (SSSR count). The highest BCUT2D eigenvalue weighted by atomic mass is 16.7. The zero-order chi connectivity index (χ0) is 40.7. The molecule has 9 unspecified atom stereocenters. The molecular formula is C40H61NO14. The number of hydrogen-bond acceptors (Lipinski definition) is 14. The van der Waals surface area contributed by atoms with Crippen molar-refractivity contribution in [3.8, 4) is 0 Å². The number of carboxylic acid groups (broad SMARTS) is 1. The van der Waals surface area contributed by atoms with Crippen molar-refractivity contribution in [2.45, 2.75) is 158 Å². The summed E-state index contributed by atoms with van der Waals surface area (Å²) < 4.78 is 23.3. The third kappa shape index (κ3) is 15.1. The molecule has 14 atom stereocenters. The first-order valence-corrected chi connectivity index (χ1v) is 19.2. The highest BCUT2D eigenvalue weighted by Crippen LogP contribution is 2.38. The van der Waals surface area contributed by atoms with Crippen LogP contribution in [0.5, 0.6) is 0 Å². The van der Waals surface area contributed by atoms with Gasteiger partial charge in [-0.1, -0.05) is 81.0 Å². The Bertz CT molecular complexity index is 1380. The average molecular weight is 780 g/mol. The number of carboxylic acids is 1. The number of hydrogen-bond donors (Lipinski definition) is 8. The topological polar surface area (TPSA) is 256 Å². The van der Waals surface area contributed by atoms with E-state index < -0.39 is 104 Å². The zero-order valence-electron chi connectivity index (χ0n) is 31.9. The molecule has 2 bridgehead atoms. The van der Waals surface area contributed by atoms with E-state index in [9.17, 15) is 50.1 Å². The van der Waals surface area contributed by atoms with E-state index in [1.54, 1.807) is 55.5 Å². The Morgan fingerprint density at radius 3 is 2.27 bits per heavy atom. The summed E-state index contributed by atoms with van der Waals surface area (Å²) in [7, 11) is 0. The number of carbonyl (C=O) groups excluding carboxylic acids is 2. The molecule has 310 valence electrons. The van der Waals surface area contributed by atoms with Gasteiger partial charge >= 0.3 is 11.9 Å². The van der Waals surface area contributed by atoms with E-state index in [4.69, 9.17) is 24.7 Å². The molecule has 0 radical (unpaired) electrons. The summed E-state index contributed by atoms with van der Waals surface area (Å²) >= 11 is 0. The van der Waals surface area contributed by atoms with E-state index in [-0.39, 0.29) is 50.2 Å². The van der Waals surface area contributed by atoms with Crippen molar-refractivity contribution in [3.63, 3.8) is 0 Å². The number of aliphatic hydroxyl groups excluding tert-OH is 5. The van der Waals surface area contributed by atoms with Crippen molar-refractivity contribution in [2.24, 2.45) is 17.6 Å². The van der Waals surface area contributed by atoms with Gasteiger partial charge in [0.25, 0.3) is 0 Å². The number of ether oxygens (including phenoxy) is 4. The molecule has 0 amide bonds. The van der Waals surface area contributed by atoms with Gasteiger partial charge in [0.05, 0.1) is 55.2 Å². The molecule has 3 heterocycles. The fourth-order valence-corrected chi connectivity index (χ4v) is 6.89. The number of allylic oxidation sites excluding steroid dienone is 8. The lowest BCUT2D eigenvalue weighted by atomic mass is 9.83. The molecule has 0 aromatic carbocycles. The molecule has 0 aromatic heterocycles. The summed E-state index contributed by atoms with van der Waals surface area (Å²) in [5, 5.41) is 74.7. The first-order valence-electron chi connectivity index (χ1n) is 19.2. The molecule has 15 nitrogen and oxygen atoms in total. The second kappa shape index (κ2) is 22.6. The smallest absolute Gasteiger partial charge is 0.311 e. The zero-order valence-corrected chi connectivity index (χ0v) is 31.9. The van der Waals surface area contributed by atoms with Crippen molar-refractivity contribution in [1.29, 1.82) is 0 Å². The van der Waals surface area contributed by atoms with Crippen LogP contribution >= 0.6 is 0 Å². The molecule has 0 aliphatic carbocycles. The molecule has 2 saturated heterocycles. The normalized spacial score (nSPS) is 41.7. The van der Waals surface area contributed by atoms with Gasteiger partial charge < -0.3 is 60.4 Å². The fourth-order valence-electron chi connectivity index (χ4n) is 6.89. The van der Waals surface area contributed by atoms with Crippen molar-refractivity contribution in [1.82, 2.24) is 0 Å². The quantitative estimate of drug-likeness (QED) is 0.185. The van der Waals surface area contributed by atoms with Crippen LogP contribution in [0.4, 0.5) is 0 Å². The Balaban J connectivity index is 1.88. The number of ketones is 1. The van der Waals surface area contributed by atoms with E-state index in [0.717, 1.165) is 6.42 Å². The fraction of sp³-hybridized carbons (Fsp3) is 0.675. The molecular weight excluding hydrogens is 718 g/mol. The van der Waals surface area contributed by atoms with Crippen LogP contribution in [-0.2, 0) is 33.3 Å². The lowest BCUT2D eigenvalue weighted by molar-refractivity contribution is -0.308. The minimum absolute atomic E-state index is 0.0218. The Labute approximate surface area is 322 Å². The third-order valence-electron chi connectivity index (χ3n) is 10.3. The monoisotopic (exact) mass is 779 g/mol. The maximum atomic E-state index is 12.6. The predicted octanol–water partition coefficient (Wildman–Crippen LogP) is 1.87. The van der Waals surface area contributed by atoms with Gasteiger partial charge in [0.15, 0.2) is 12.1 Å². The SMILES string of the molecule is CCC(C)C1C/C=C/C=C/C=C/C=C/C=C/C(O[C@@H]2O[C@H](C)[C@@H](O)[C@H](N)[C@@H]2O)CC2OC(O)(CC(O)CCCC(=O)CC(O)CC(=O)O1)CC(O)C2C(=O)O. The molecule has 0 spiro atoms. The Morgan fingerprint density at radius 1 is 0.964 bits per heavy atom. The van der Waals surface area contributed by atoms with Gasteiger partial charge in [0.1, 0.15) is 23.9 Å². The number of esters is 1. The van der Waals surface area contributed by atoms with Gasteiger partial charge in [-0.05, 0) is 25.7 Å². The first kappa shape index (κ1) is 46.3. The van der Waals surface area contributed by atoms with Crippen LogP contribution in [0.3, 0.4) is 0 Å². The van der Waals surface area contributed by atoms with E-state index >= 15 is 0 Å². The lowest BCUT2D eigenvalue weighted by Crippen LogP contribution is -2.61. The Hall–Kier alpha value is -3.09. The number of cyclic esters (lactones) is 1. The Kier molecular flexibility index (Phi) is 19.0. The summed E-state index contributed by atoms with van der Waals surface area (Å²) in [5.74, 6) is -5.93. The number of carbonyl (C=O) groups is 3. The van der Waals surface area contributed by atoms with Crippen molar-refractivity contribution >= 4 is 17.7 Å². The maximum absolute atomic E-state index is 12.6. The summed E-state index contributed by atoms with van der Waals surface area (Å²) in [4.78, 5) is 37.6. The van der Waals surface area contributed by atoms with Gasteiger partial charge in [-0.3, -0.25) is 14.4 Å². The van der Waals surface area contributed by atoms with Crippen LogP contribution in [0.15, 0.2) is 60.8 Å². The van der Waals surface area contributed by atoms with Crippen LogP contribution in [-0.4, -0.2) is 127 Å². The van der Waals surface area contributed by atoms with Gasteiger partial charge in [-0.25, -0.2) is 0 Å². The Morgan fingerprint density at radius 2 is 1.62 bits per heavy atom. The second-order valence-electron chi connectivity index (χ2n) is 14.9. The van der Waals surface area contributed by atoms with Crippen molar-refractivity contribution < 1.29 is 69.1 Å². The van der Waals surface area contributed by atoms with Crippen LogP contribution < -0.4 is 5.73 Å². The first-order chi connectivity index (χ1) is 26.0. The molecule has 0 aromatic rings. The molecule has 15 heteroatoms. The number of nitrogens with two attached hydrogens (primary N) is 1. The summed E-state index contributed by atoms with van der Waals surface area (Å²) in [6.07, 6.45) is 5.42. The highest BCUT2D eigenvalue weighted by molar-refractivity contribution is 5.80. The van der Waals surface area contributed by atoms with Crippen LogP contribution in [0.2, 0.25) is 0 Å². The molecule has 3 aliphatic rings. The molecule has 0 saturated carbocycles. The third-order valence-corrected chi connectivity index (χ3v) is 10.3. The van der Waals surface area contributed by atoms with Gasteiger partial charge in [-0.2, -0.15) is 0 Å². The van der Waals surface area contributed by atoms with Crippen LogP contribution in [0.1, 0.15) is 85.0 Å². The van der Waals surface area contributed by atoms with E-state index in [1.807, 2.05) is 26.0 Å². The van der Waals surface area contributed by atoms with E-state index in [1.165, 1.54) is 0 Å².